The van der Waals surface area contributed by atoms with Crippen LogP contribution in [0.5, 0.6) is 0 Å². The van der Waals surface area contributed by atoms with Gasteiger partial charge in [-0.2, -0.15) is 0 Å². The zero-order chi connectivity index (χ0) is 25.7. The maximum atomic E-state index is 14.2. The van der Waals surface area contributed by atoms with E-state index in [1.807, 2.05) is 36.1 Å². The summed E-state index contributed by atoms with van der Waals surface area (Å²) in [6.07, 6.45) is 13.6. The number of carbonyl (C=O) groups is 3. The molecule has 198 valence electrons. The standard InChI is InChI=1S/C29H36ClN3O4/c1-17-12-13-19(16-21(17)30)32-26(34)23-22-14-15-29(37-22)24(23)28(36)33(20-10-6-3-7-11-20)25(29)27(35)31-18-8-4-2-5-9-18/h12-16,18,20,22-25H,2-11H2,1H3,(H,31,35)(H,32,34)/t22-,23-,24-,25-,29-/m0/s1. The minimum absolute atomic E-state index is 0.000928. The van der Waals surface area contributed by atoms with Crippen molar-refractivity contribution in [3.63, 3.8) is 0 Å². The van der Waals surface area contributed by atoms with Crippen LogP contribution < -0.4 is 10.6 Å². The fraction of sp³-hybridized carbons (Fsp3) is 0.621. The maximum absolute atomic E-state index is 14.2. The zero-order valence-corrected chi connectivity index (χ0v) is 22.1. The molecule has 4 fully saturated rings. The summed E-state index contributed by atoms with van der Waals surface area (Å²) in [6, 6.07) is 4.77. The number of hydrogen-bond acceptors (Lipinski definition) is 4. The third kappa shape index (κ3) is 4.19. The van der Waals surface area contributed by atoms with E-state index >= 15 is 0 Å². The van der Waals surface area contributed by atoms with E-state index in [0.29, 0.717) is 10.7 Å². The van der Waals surface area contributed by atoms with Gasteiger partial charge < -0.3 is 20.3 Å². The Bertz CT molecular complexity index is 1130. The molecular formula is C29H36ClN3O4. The Morgan fingerprint density at radius 2 is 1.73 bits per heavy atom. The number of fused-ring (bicyclic) bond motifs is 1. The molecule has 2 saturated carbocycles. The zero-order valence-electron chi connectivity index (χ0n) is 21.4. The van der Waals surface area contributed by atoms with Gasteiger partial charge in [0.2, 0.25) is 17.7 Å². The van der Waals surface area contributed by atoms with Crippen LogP contribution in [0.1, 0.15) is 69.8 Å². The van der Waals surface area contributed by atoms with Crippen molar-refractivity contribution in [3.05, 3.63) is 40.9 Å². The molecule has 5 atom stereocenters. The maximum Gasteiger partial charge on any atom is 0.246 e. The molecule has 2 aliphatic carbocycles. The average Bonchev–Trinajstić information content (AvgIpc) is 3.54. The molecule has 3 amide bonds. The highest BCUT2D eigenvalue weighted by molar-refractivity contribution is 6.31. The van der Waals surface area contributed by atoms with Crippen LogP contribution in [0.25, 0.3) is 0 Å². The molecule has 2 bridgehead atoms. The van der Waals surface area contributed by atoms with Crippen LogP contribution in [0.2, 0.25) is 5.02 Å². The molecule has 0 unspecified atom stereocenters. The third-order valence-electron chi connectivity index (χ3n) is 9.22. The van der Waals surface area contributed by atoms with Crippen molar-refractivity contribution < 1.29 is 19.1 Å². The van der Waals surface area contributed by atoms with Gasteiger partial charge in [-0.15, -0.1) is 0 Å². The van der Waals surface area contributed by atoms with Crippen LogP contribution in [0.15, 0.2) is 30.4 Å². The SMILES string of the molecule is Cc1ccc(NC(=O)[C@H]2[C@@H]3C=C[C@]4(O3)[C@@H]2C(=O)N(C2CCCCC2)[C@H]4C(=O)NC2CCCCC2)cc1Cl. The fourth-order valence-electron chi connectivity index (χ4n) is 7.38. The van der Waals surface area contributed by atoms with Crippen molar-refractivity contribution in [1.82, 2.24) is 10.2 Å². The number of hydrogen-bond donors (Lipinski definition) is 2. The molecule has 1 aromatic carbocycles. The number of benzene rings is 1. The van der Waals surface area contributed by atoms with Gasteiger partial charge in [-0.25, -0.2) is 0 Å². The van der Waals surface area contributed by atoms with Crippen molar-refractivity contribution in [1.29, 1.82) is 0 Å². The highest BCUT2D eigenvalue weighted by atomic mass is 35.5. The molecule has 0 radical (unpaired) electrons. The number of anilines is 1. The predicted octanol–water partition coefficient (Wildman–Crippen LogP) is 4.52. The monoisotopic (exact) mass is 525 g/mol. The smallest absolute Gasteiger partial charge is 0.246 e. The van der Waals surface area contributed by atoms with Crippen molar-refractivity contribution in [2.75, 3.05) is 5.32 Å². The van der Waals surface area contributed by atoms with Crippen LogP contribution in [0.3, 0.4) is 0 Å². The van der Waals surface area contributed by atoms with Crippen LogP contribution in [-0.4, -0.2) is 52.5 Å². The highest BCUT2D eigenvalue weighted by Crippen LogP contribution is 2.56. The Kier molecular flexibility index (Phi) is 6.56. The third-order valence-corrected chi connectivity index (χ3v) is 9.63. The van der Waals surface area contributed by atoms with Gasteiger partial charge in [0.1, 0.15) is 11.6 Å². The molecule has 6 rings (SSSR count). The molecule has 0 aromatic heterocycles. The second-order valence-electron chi connectivity index (χ2n) is 11.5. The van der Waals surface area contributed by atoms with Crippen molar-refractivity contribution in [2.45, 2.75) is 101 Å². The number of halogens is 1. The van der Waals surface area contributed by atoms with Crippen molar-refractivity contribution in [2.24, 2.45) is 11.8 Å². The Morgan fingerprint density at radius 3 is 2.43 bits per heavy atom. The number of nitrogens with one attached hydrogen (secondary N) is 2. The van der Waals surface area contributed by atoms with Crippen LogP contribution in [-0.2, 0) is 19.1 Å². The van der Waals surface area contributed by atoms with Gasteiger partial charge in [0.25, 0.3) is 0 Å². The van der Waals surface area contributed by atoms with E-state index in [2.05, 4.69) is 10.6 Å². The molecular weight excluding hydrogens is 490 g/mol. The molecule has 3 aliphatic heterocycles. The number of aryl methyl sites for hydroxylation is 1. The lowest BCUT2D eigenvalue weighted by Crippen LogP contribution is -2.58. The summed E-state index contributed by atoms with van der Waals surface area (Å²) < 4.78 is 6.49. The molecule has 8 heteroatoms. The molecule has 1 aromatic rings. The van der Waals surface area contributed by atoms with Crippen LogP contribution in [0, 0.1) is 18.8 Å². The van der Waals surface area contributed by atoms with E-state index in [0.717, 1.165) is 63.4 Å². The Hall–Kier alpha value is -2.38. The second-order valence-corrected chi connectivity index (χ2v) is 11.9. The van der Waals surface area contributed by atoms with Gasteiger partial charge in [0, 0.05) is 22.8 Å². The van der Waals surface area contributed by atoms with Gasteiger partial charge >= 0.3 is 0 Å². The minimum Gasteiger partial charge on any atom is -0.359 e. The summed E-state index contributed by atoms with van der Waals surface area (Å²) in [7, 11) is 0. The number of rotatable bonds is 5. The van der Waals surface area contributed by atoms with Crippen molar-refractivity contribution >= 4 is 35.0 Å². The lowest BCUT2D eigenvalue weighted by Gasteiger charge is -2.39. The quantitative estimate of drug-likeness (QED) is 0.553. The topological polar surface area (TPSA) is 87.7 Å². The predicted molar refractivity (Wildman–Crippen MR) is 141 cm³/mol. The van der Waals surface area contributed by atoms with Gasteiger partial charge in [0.15, 0.2) is 0 Å². The minimum atomic E-state index is -1.11. The summed E-state index contributed by atoms with van der Waals surface area (Å²) in [5.41, 5.74) is 0.401. The van der Waals surface area contributed by atoms with E-state index in [1.165, 1.54) is 6.42 Å². The number of amides is 3. The largest absolute Gasteiger partial charge is 0.359 e. The highest BCUT2D eigenvalue weighted by Gasteiger charge is 2.73. The van der Waals surface area contributed by atoms with Crippen LogP contribution in [0.4, 0.5) is 5.69 Å². The number of ether oxygens (including phenoxy) is 1. The normalized spacial score (nSPS) is 33.6. The molecule has 5 aliphatic rings. The lowest BCUT2D eigenvalue weighted by molar-refractivity contribution is -0.144. The number of likely N-dealkylation sites (tertiary alicyclic amines) is 1. The first-order valence-corrected chi connectivity index (χ1v) is 14.3. The molecule has 3 heterocycles. The Labute approximate surface area is 223 Å². The first-order chi connectivity index (χ1) is 17.9. The number of nitrogens with zero attached hydrogens (tertiary/aromatic N) is 1. The second kappa shape index (κ2) is 9.73. The Morgan fingerprint density at radius 1 is 1.03 bits per heavy atom. The van der Waals surface area contributed by atoms with E-state index in [4.69, 9.17) is 16.3 Å². The summed E-state index contributed by atoms with van der Waals surface area (Å²) >= 11 is 6.28. The summed E-state index contributed by atoms with van der Waals surface area (Å²) in [5, 5.41) is 6.80. The first kappa shape index (κ1) is 24.9. The van der Waals surface area contributed by atoms with E-state index in [9.17, 15) is 14.4 Å². The molecule has 2 saturated heterocycles. The van der Waals surface area contributed by atoms with E-state index in [-0.39, 0.29) is 29.8 Å². The number of carbonyl (C=O) groups excluding carboxylic acids is 3. The van der Waals surface area contributed by atoms with E-state index < -0.39 is 29.6 Å². The fourth-order valence-corrected chi connectivity index (χ4v) is 7.56. The van der Waals surface area contributed by atoms with Crippen molar-refractivity contribution in [3.8, 4) is 0 Å². The van der Waals surface area contributed by atoms with Crippen LogP contribution >= 0.6 is 11.6 Å². The molecule has 1 spiro atoms. The lowest BCUT2D eigenvalue weighted by atomic mass is 9.74. The first-order valence-electron chi connectivity index (χ1n) is 14.0. The van der Waals surface area contributed by atoms with Gasteiger partial charge in [-0.1, -0.05) is 68.3 Å². The molecule has 2 N–H and O–H groups in total. The van der Waals surface area contributed by atoms with E-state index in [1.54, 1.807) is 6.07 Å². The molecule has 7 nitrogen and oxygen atoms in total. The summed E-state index contributed by atoms with van der Waals surface area (Å²) in [6.45, 7) is 1.90. The van der Waals surface area contributed by atoms with Gasteiger partial charge in [0.05, 0.1) is 17.9 Å². The summed E-state index contributed by atoms with van der Waals surface area (Å²) in [4.78, 5) is 43.6. The van der Waals surface area contributed by atoms with Gasteiger partial charge in [-0.3, -0.25) is 14.4 Å². The van der Waals surface area contributed by atoms with Gasteiger partial charge in [-0.05, 0) is 50.3 Å². The molecule has 37 heavy (non-hydrogen) atoms. The average molecular weight is 526 g/mol. The summed E-state index contributed by atoms with van der Waals surface area (Å²) in [5.74, 6) is -1.94. The Balaban J connectivity index is 1.31.